The number of rotatable bonds is 15. The molecular formula is C21H48N6. The highest BCUT2D eigenvalue weighted by Gasteiger charge is 2.38. The first-order valence-corrected chi connectivity index (χ1v) is 11.5. The highest BCUT2D eigenvalue weighted by atomic mass is 15.4. The minimum atomic E-state index is 0.101. The smallest absolute Gasteiger partial charge is 0.0757 e. The maximum absolute atomic E-state index is 3.89. The van der Waals surface area contributed by atoms with E-state index in [0.717, 1.165) is 65.7 Å². The first-order valence-electron chi connectivity index (χ1n) is 11.5. The van der Waals surface area contributed by atoms with E-state index in [1.807, 2.05) is 0 Å². The predicted octanol–water partition coefficient (Wildman–Crippen LogP) is 1.90. The Morgan fingerprint density at radius 2 is 1.15 bits per heavy atom. The van der Waals surface area contributed by atoms with Crippen LogP contribution < -0.4 is 10.6 Å². The topological polar surface area (TPSA) is 37.0 Å². The highest BCUT2D eigenvalue weighted by molar-refractivity contribution is 4.92. The summed E-state index contributed by atoms with van der Waals surface area (Å²) in [6.45, 7) is 27.0. The molecule has 0 radical (unpaired) electrons. The molecule has 6 heteroatoms. The molecule has 162 valence electrons. The van der Waals surface area contributed by atoms with Gasteiger partial charge in [-0.1, -0.05) is 41.5 Å². The number of nitrogens with one attached hydrogen (secondary N) is 2. The second kappa shape index (κ2) is 13.9. The van der Waals surface area contributed by atoms with Gasteiger partial charge in [0.05, 0.1) is 12.3 Å². The van der Waals surface area contributed by atoms with Crippen molar-refractivity contribution >= 4 is 0 Å². The van der Waals surface area contributed by atoms with Gasteiger partial charge in [0.25, 0.3) is 0 Å². The Hall–Kier alpha value is -0.240. The average Bonchev–Trinajstić information content (AvgIpc) is 2.71. The van der Waals surface area contributed by atoms with E-state index < -0.39 is 0 Å². The van der Waals surface area contributed by atoms with Crippen molar-refractivity contribution in [1.82, 2.24) is 30.2 Å². The first-order chi connectivity index (χ1) is 13.1. The average molecular weight is 385 g/mol. The molecule has 27 heavy (non-hydrogen) atoms. The summed E-state index contributed by atoms with van der Waals surface area (Å²) in [5.74, 6) is 0. The molecule has 1 saturated heterocycles. The lowest BCUT2D eigenvalue weighted by Crippen LogP contribution is -2.69. The summed E-state index contributed by atoms with van der Waals surface area (Å²) in [6, 6.07) is 0. The van der Waals surface area contributed by atoms with E-state index in [0.29, 0.717) is 0 Å². The van der Waals surface area contributed by atoms with Crippen molar-refractivity contribution in [1.29, 1.82) is 0 Å². The lowest BCUT2D eigenvalue weighted by molar-refractivity contribution is -0.0180. The quantitative estimate of drug-likeness (QED) is 0.449. The van der Waals surface area contributed by atoms with Crippen LogP contribution in [0.1, 0.15) is 54.4 Å². The van der Waals surface area contributed by atoms with Gasteiger partial charge in [0.15, 0.2) is 0 Å². The largest absolute Gasteiger partial charge is 0.304 e. The monoisotopic (exact) mass is 384 g/mol. The standard InChI is InChI=1S/C21H48N6/c1-7-24(8-2)15-13-21(14-16-25(9-3)10-4)23-19-22-20-27(21)18-17-26(11-5)12-6/h22-23H,7-20H2,1-6H3. The molecule has 0 aromatic carbocycles. The van der Waals surface area contributed by atoms with Crippen LogP contribution in [0.25, 0.3) is 0 Å². The summed E-state index contributed by atoms with van der Waals surface area (Å²) >= 11 is 0. The van der Waals surface area contributed by atoms with E-state index in [2.05, 4.69) is 71.8 Å². The van der Waals surface area contributed by atoms with Crippen molar-refractivity contribution in [3.8, 4) is 0 Å². The van der Waals surface area contributed by atoms with Gasteiger partial charge in [-0.05, 0) is 52.1 Å². The minimum Gasteiger partial charge on any atom is -0.304 e. The van der Waals surface area contributed by atoms with Crippen molar-refractivity contribution in [3.63, 3.8) is 0 Å². The molecule has 0 aromatic rings. The first kappa shape index (κ1) is 24.8. The molecule has 0 aliphatic carbocycles. The van der Waals surface area contributed by atoms with Gasteiger partial charge in [0.1, 0.15) is 0 Å². The summed E-state index contributed by atoms with van der Waals surface area (Å²) < 4.78 is 0. The van der Waals surface area contributed by atoms with Gasteiger partial charge >= 0.3 is 0 Å². The number of hydrogen-bond donors (Lipinski definition) is 2. The third-order valence-electron chi connectivity index (χ3n) is 6.50. The molecule has 1 aliphatic heterocycles. The van der Waals surface area contributed by atoms with Gasteiger partial charge in [0, 0.05) is 32.8 Å². The summed E-state index contributed by atoms with van der Waals surface area (Å²) in [7, 11) is 0. The van der Waals surface area contributed by atoms with E-state index in [4.69, 9.17) is 0 Å². The Bertz CT molecular complexity index is 337. The third-order valence-corrected chi connectivity index (χ3v) is 6.50. The van der Waals surface area contributed by atoms with Crippen molar-refractivity contribution in [2.24, 2.45) is 0 Å². The Balaban J connectivity index is 2.87. The highest BCUT2D eigenvalue weighted by Crippen LogP contribution is 2.24. The van der Waals surface area contributed by atoms with Crippen molar-refractivity contribution in [2.75, 3.05) is 78.8 Å². The molecule has 0 spiro atoms. The predicted molar refractivity (Wildman–Crippen MR) is 118 cm³/mol. The van der Waals surface area contributed by atoms with Gasteiger partial charge in [-0.25, -0.2) is 0 Å². The molecule has 1 rings (SSSR count). The molecule has 2 N–H and O–H groups in total. The maximum Gasteiger partial charge on any atom is 0.0757 e. The van der Waals surface area contributed by atoms with Gasteiger partial charge in [-0.3, -0.25) is 15.5 Å². The summed E-state index contributed by atoms with van der Waals surface area (Å²) in [5, 5.41) is 7.44. The van der Waals surface area contributed by atoms with E-state index >= 15 is 0 Å². The summed E-state index contributed by atoms with van der Waals surface area (Å²) in [5.41, 5.74) is 0.101. The van der Waals surface area contributed by atoms with Crippen molar-refractivity contribution < 1.29 is 0 Å². The Morgan fingerprint density at radius 1 is 0.704 bits per heavy atom. The zero-order valence-corrected chi connectivity index (χ0v) is 19.2. The molecule has 6 nitrogen and oxygen atoms in total. The van der Waals surface area contributed by atoms with Crippen molar-refractivity contribution in [2.45, 2.75) is 60.0 Å². The van der Waals surface area contributed by atoms with Gasteiger partial charge in [-0.2, -0.15) is 0 Å². The Kier molecular flexibility index (Phi) is 12.7. The van der Waals surface area contributed by atoms with Crippen LogP contribution in [-0.4, -0.2) is 104 Å². The van der Waals surface area contributed by atoms with Gasteiger partial charge < -0.3 is 14.7 Å². The fraction of sp³-hybridized carbons (Fsp3) is 1.00. The second-order valence-electron chi connectivity index (χ2n) is 7.64. The van der Waals surface area contributed by atoms with Crippen LogP contribution in [0, 0.1) is 0 Å². The molecule has 1 aliphatic rings. The molecule has 0 amide bonds. The van der Waals surface area contributed by atoms with E-state index in [-0.39, 0.29) is 5.66 Å². The van der Waals surface area contributed by atoms with Crippen LogP contribution in [0.2, 0.25) is 0 Å². The maximum atomic E-state index is 3.89. The summed E-state index contributed by atoms with van der Waals surface area (Å²) in [6.07, 6.45) is 2.38. The zero-order chi connectivity index (χ0) is 20.1. The van der Waals surface area contributed by atoms with Crippen LogP contribution in [0.5, 0.6) is 0 Å². The molecule has 0 bridgehead atoms. The molecule has 0 saturated carbocycles. The summed E-state index contributed by atoms with van der Waals surface area (Å²) in [4.78, 5) is 10.3. The SMILES string of the molecule is CCN(CC)CCN1CNCNC1(CCN(CC)CC)CCN(CC)CC. The molecule has 0 atom stereocenters. The third kappa shape index (κ3) is 7.95. The normalized spacial score (nSPS) is 18.1. The van der Waals surface area contributed by atoms with Crippen LogP contribution in [0.15, 0.2) is 0 Å². The Labute approximate surface area is 169 Å². The second-order valence-corrected chi connectivity index (χ2v) is 7.64. The fourth-order valence-electron chi connectivity index (χ4n) is 4.16. The Morgan fingerprint density at radius 3 is 1.59 bits per heavy atom. The van der Waals surface area contributed by atoms with Crippen LogP contribution in [0.3, 0.4) is 0 Å². The molecular weight excluding hydrogens is 336 g/mol. The van der Waals surface area contributed by atoms with Crippen LogP contribution >= 0.6 is 0 Å². The van der Waals surface area contributed by atoms with Gasteiger partial charge in [-0.15, -0.1) is 0 Å². The zero-order valence-electron chi connectivity index (χ0n) is 19.2. The molecule has 1 heterocycles. The molecule has 0 unspecified atom stereocenters. The molecule has 1 fully saturated rings. The number of likely N-dealkylation sites (N-methyl/N-ethyl adjacent to an activating group) is 1. The van der Waals surface area contributed by atoms with E-state index in [9.17, 15) is 0 Å². The van der Waals surface area contributed by atoms with Crippen molar-refractivity contribution in [3.05, 3.63) is 0 Å². The van der Waals surface area contributed by atoms with E-state index in [1.165, 1.54) is 25.9 Å². The lowest BCUT2D eigenvalue weighted by Gasteiger charge is -2.50. The van der Waals surface area contributed by atoms with Gasteiger partial charge in [0.2, 0.25) is 0 Å². The number of nitrogens with zero attached hydrogens (tertiary/aromatic N) is 4. The number of hydrogen-bond acceptors (Lipinski definition) is 6. The van der Waals surface area contributed by atoms with E-state index in [1.54, 1.807) is 0 Å². The lowest BCUT2D eigenvalue weighted by atomic mass is 9.97. The molecule has 0 aromatic heterocycles. The van der Waals surface area contributed by atoms with Crippen LogP contribution in [0.4, 0.5) is 0 Å². The minimum absolute atomic E-state index is 0.101. The van der Waals surface area contributed by atoms with Crippen LogP contribution in [-0.2, 0) is 0 Å². The fourth-order valence-corrected chi connectivity index (χ4v) is 4.16.